The number of halogens is 2. The molecule has 1 heterocycles. The van der Waals surface area contributed by atoms with Gasteiger partial charge in [-0.25, -0.2) is 0 Å². The van der Waals surface area contributed by atoms with E-state index in [-0.39, 0.29) is 36.8 Å². The van der Waals surface area contributed by atoms with Crippen molar-refractivity contribution in [2.24, 2.45) is 5.92 Å². The molecule has 0 aromatic heterocycles. The van der Waals surface area contributed by atoms with Crippen LogP contribution in [-0.2, 0) is 11.2 Å². The van der Waals surface area contributed by atoms with E-state index in [0.29, 0.717) is 18.9 Å². The molecule has 0 aliphatic carbocycles. The van der Waals surface area contributed by atoms with Gasteiger partial charge >= 0.3 is 0 Å². The number of amides is 1. The molecule has 144 valence electrons. The van der Waals surface area contributed by atoms with E-state index in [4.69, 9.17) is 0 Å². The first kappa shape index (κ1) is 24.2. The van der Waals surface area contributed by atoms with Crippen molar-refractivity contribution in [3.8, 4) is 0 Å². The summed E-state index contributed by atoms with van der Waals surface area (Å²) in [6.45, 7) is 5.00. The molecule has 6 heteroatoms. The highest BCUT2D eigenvalue weighted by molar-refractivity contribution is 5.85. The van der Waals surface area contributed by atoms with Crippen LogP contribution in [0.3, 0.4) is 0 Å². The monoisotopic (exact) mass is 389 g/mol. The molecule has 2 rings (SSSR count). The fourth-order valence-electron chi connectivity index (χ4n) is 3.17. The summed E-state index contributed by atoms with van der Waals surface area (Å²) < 4.78 is 0. The van der Waals surface area contributed by atoms with Gasteiger partial charge in [0.2, 0.25) is 5.91 Å². The molecule has 25 heavy (non-hydrogen) atoms. The van der Waals surface area contributed by atoms with E-state index in [1.165, 1.54) is 17.5 Å². The van der Waals surface area contributed by atoms with E-state index in [1.807, 2.05) is 0 Å². The third kappa shape index (κ3) is 7.95. The van der Waals surface area contributed by atoms with Crippen LogP contribution in [0.4, 0.5) is 0 Å². The Morgan fingerprint density at radius 2 is 1.96 bits per heavy atom. The van der Waals surface area contributed by atoms with Crippen LogP contribution in [-0.4, -0.2) is 44.5 Å². The first-order valence-corrected chi connectivity index (χ1v) is 8.82. The molecule has 1 fully saturated rings. The Hall–Kier alpha value is -0.810. The maximum Gasteiger partial charge on any atom is 0.220 e. The van der Waals surface area contributed by atoms with Crippen LogP contribution < -0.4 is 10.6 Å². The third-order valence-corrected chi connectivity index (χ3v) is 4.83. The minimum atomic E-state index is 0. The van der Waals surface area contributed by atoms with Gasteiger partial charge in [-0.3, -0.25) is 4.79 Å². The van der Waals surface area contributed by atoms with E-state index < -0.39 is 0 Å². The number of hydrogen-bond donors (Lipinski definition) is 2. The summed E-state index contributed by atoms with van der Waals surface area (Å²) >= 11 is 0. The molecule has 0 radical (unpaired) electrons. The summed E-state index contributed by atoms with van der Waals surface area (Å²) in [5.74, 6) is 0.848. The quantitative estimate of drug-likeness (QED) is 0.717. The van der Waals surface area contributed by atoms with Crippen molar-refractivity contribution in [3.63, 3.8) is 0 Å². The number of benzene rings is 1. The molecule has 2 unspecified atom stereocenters. The normalized spacial score (nSPS) is 17.5. The Morgan fingerprint density at radius 3 is 2.48 bits per heavy atom. The summed E-state index contributed by atoms with van der Waals surface area (Å²) in [4.78, 5) is 14.3. The van der Waals surface area contributed by atoms with E-state index >= 15 is 0 Å². The fourth-order valence-corrected chi connectivity index (χ4v) is 3.17. The second-order valence-electron chi connectivity index (χ2n) is 6.78. The number of hydrogen-bond acceptors (Lipinski definition) is 3. The molecule has 0 saturated carbocycles. The molecule has 4 nitrogen and oxygen atoms in total. The van der Waals surface area contributed by atoms with Crippen molar-refractivity contribution in [3.05, 3.63) is 35.4 Å². The number of likely N-dealkylation sites (N-methyl/N-ethyl adjacent to an activating group) is 1. The van der Waals surface area contributed by atoms with Gasteiger partial charge in [0.1, 0.15) is 0 Å². The van der Waals surface area contributed by atoms with Gasteiger partial charge < -0.3 is 15.5 Å². The van der Waals surface area contributed by atoms with Gasteiger partial charge in [-0.1, -0.05) is 31.2 Å². The van der Waals surface area contributed by atoms with Crippen LogP contribution >= 0.6 is 24.8 Å². The van der Waals surface area contributed by atoms with Gasteiger partial charge in [0.15, 0.2) is 0 Å². The number of carbonyl (C=O) groups is 1. The first-order chi connectivity index (χ1) is 11.1. The lowest BCUT2D eigenvalue weighted by atomic mass is 10.0. The van der Waals surface area contributed by atoms with E-state index in [2.05, 4.69) is 60.8 Å². The molecular weight excluding hydrogens is 357 g/mol. The van der Waals surface area contributed by atoms with Gasteiger partial charge in [0.25, 0.3) is 0 Å². The Kier molecular flexibility index (Phi) is 12.1. The van der Waals surface area contributed by atoms with Gasteiger partial charge in [-0.15, -0.1) is 24.8 Å². The van der Waals surface area contributed by atoms with Crippen molar-refractivity contribution in [1.29, 1.82) is 0 Å². The van der Waals surface area contributed by atoms with Crippen LogP contribution in [0.1, 0.15) is 43.4 Å². The van der Waals surface area contributed by atoms with Crippen molar-refractivity contribution in [2.45, 2.75) is 38.6 Å². The Morgan fingerprint density at radius 1 is 1.28 bits per heavy atom. The van der Waals surface area contributed by atoms with Crippen molar-refractivity contribution >= 4 is 30.7 Å². The predicted octanol–water partition coefficient (Wildman–Crippen LogP) is 3.20. The van der Waals surface area contributed by atoms with E-state index in [1.54, 1.807) is 0 Å². The largest absolute Gasteiger partial charge is 0.354 e. The SMILES string of the molecule is CCc1ccc(C(CNC(=O)CCC2CCNC2)N(C)C)cc1.Cl.Cl. The summed E-state index contributed by atoms with van der Waals surface area (Å²) in [6.07, 6.45) is 3.90. The molecule has 1 aliphatic rings. The van der Waals surface area contributed by atoms with Gasteiger partial charge in [0, 0.05) is 13.0 Å². The molecule has 1 aromatic rings. The van der Waals surface area contributed by atoms with E-state index in [9.17, 15) is 4.79 Å². The number of aryl methyl sites for hydroxylation is 1. The predicted molar refractivity (Wildman–Crippen MR) is 110 cm³/mol. The topological polar surface area (TPSA) is 44.4 Å². The average molecular weight is 390 g/mol. The highest BCUT2D eigenvalue weighted by Crippen LogP contribution is 2.19. The zero-order chi connectivity index (χ0) is 16.7. The summed E-state index contributed by atoms with van der Waals surface area (Å²) in [5.41, 5.74) is 2.60. The Balaban J connectivity index is 0.00000288. The highest BCUT2D eigenvalue weighted by atomic mass is 35.5. The van der Waals surface area contributed by atoms with Gasteiger partial charge in [0.05, 0.1) is 6.04 Å². The standard InChI is InChI=1S/C19H31N3O.2ClH/c1-4-15-5-8-17(9-6-15)18(22(2)3)14-21-19(23)10-7-16-11-12-20-13-16;;/h5-6,8-9,16,18,20H,4,7,10-14H2,1-3H3,(H,21,23);2*1H. The summed E-state index contributed by atoms with van der Waals surface area (Å²) in [5, 5.41) is 6.47. The van der Waals surface area contributed by atoms with Crippen molar-refractivity contribution in [1.82, 2.24) is 15.5 Å². The molecule has 1 saturated heterocycles. The van der Waals surface area contributed by atoms with Gasteiger partial charge in [-0.2, -0.15) is 0 Å². The van der Waals surface area contributed by atoms with E-state index in [0.717, 1.165) is 25.9 Å². The Labute approximate surface area is 164 Å². The number of carbonyl (C=O) groups excluding carboxylic acids is 1. The average Bonchev–Trinajstić information content (AvgIpc) is 3.07. The number of nitrogens with one attached hydrogen (secondary N) is 2. The summed E-state index contributed by atoms with van der Waals surface area (Å²) in [6, 6.07) is 8.94. The van der Waals surface area contributed by atoms with Gasteiger partial charge in [-0.05, 0) is 63.5 Å². The second-order valence-corrected chi connectivity index (χ2v) is 6.78. The van der Waals surface area contributed by atoms with Crippen LogP contribution in [0.2, 0.25) is 0 Å². The minimum Gasteiger partial charge on any atom is -0.354 e. The van der Waals surface area contributed by atoms with Crippen molar-refractivity contribution in [2.75, 3.05) is 33.7 Å². The third-order valence-electron chi connectivity index (χ3n) is 4.83. The number of nitrogens with zero attached hydrogens (tertiary/aromatic N) is 1. The lowest BCUT2D eigenvalue weighted by Gasteiger charge is -2.25. The molecule has 2 atom stereocenters. The lowest BCUT2D eigenvalue weighted by Crippen LogP contribution is -2.34. The zero-order valence-electron chi connectivity index (χ0n) is 15.6. The number of rotatable bonds is 8. The van der Waals surface area contributed by atoms with Crippen LogP contribution in [0.15, 0.2) is 24.3 Å². The molecular formula is C19H33Cl2N3O. The Bertz CT molecular complexity index is 488. The smallest absolute Gasteiger partial charge is 0.220 e. The van der Waals surface area contributed by atoms with Crippen LogP contribution in [0.25, 0.3) is 0 Å². The first-order valence-electron chi connectivity index (χ1n) is 8.82. The maximum atomic E-state index is 12.1. The minimum absolute atomic E-state index is 0. The molecule has 1 amide bonds. The van der Waals surface area contributed by atoms with Crippen LogP contribution in [0, 0.1) is 5.92 Å². The van der Waals surface area contributed by atoms with Crippen molar-refractivity contribution < 1.29 is 4.79 Å². The maximum absolute atomic E-state index is 12.1. The highest BCUT2D eigenvalue weighted by Gasteiger charge is 2.18. The molecule has 2 N–H and O–H groups in total. The molecule has 0 spiro atoms. The van der Waals surface area contributed by atoms with Crippen LogP contribution in [0.5, 0.6) is 0 Å². The fraction of sp³-hybridized carbons (Fsp3) is 0.632. The zero-order valence-corrected chi connectivity index (χ0v) is 17.2. The molecule has 1 aliphatic heterocycles. The molecule has 1 aromatic carbocycles. The second kappa shape index (κ2) is 12.5. The summed E-state index contributed by atoms with van der Waals surface area (Å²) in [7, 11) is 4.13. The molecule has 0 bridgehead atoms. The lowest BCUT2D eigenvalue weighted by molar-refractivity contribution is -0.121.